The zero-order valence-corrected chi connectivity index (χ0v) is 17.4. The highest BCUT2D eigenvalue weighted by Crippen LogP contribution is 2.19. The molecule has 9 heteroatoms. The van der Waals surface area contributed by atoms with Gasteiger partial charge < -0.3 is 15.6 Å². The van der Waals surface area contributed by atoms with Crippen molar-refractivity contribution in [3.05, 3.63) is 65.9 Å². The van der Waals surface area contributed by atoms with Gasteiger partial charge >= 0.3 is 0 Å². The van der Waals surface area contributed by atoms with Gasteiger partial charge in [-0.2, -0.15) is 0 Å². The number of fused-ring (bicyclic) bond motifs is 1. The Morgan fingerprint density at radius 3 is 2.70 bits per heavy atom. The van der Waals surface area contributed by atoms with Crippen LogP contribution in [-0.2, 0) is 16.3 Å². The van der Waals surface area contributed by atoms with Crippen LogP contribution in [0.4, 0.5) is 8.78 Å². The molecule has 0 amide bonds. The van der Waals surface area contributed by atoms with Crippen molar-refractivity contribution >= 4 is 26.7 Å². The van der Waals surface area contributed by atoms with Crippen LogP contribution in [0, 0.1) is 11.6 Å². The number of rotatable bonds is 8. The molecule has 0 unspecified atom stereocenters. The third-order valence-corrected chi connectivity index (χ3v) is 6.28. The maximum Gasteiger partial charge on any atom is 0.191 e. The lowest BCUT2D eigenvalue weighted by atomic mass is 10.1. The number of guanidine groups is 1. The van der Waals surface area contributed by atoms with E-state index in [1.807, 2.05) is 13.1 Å². The molecule has 0 aliphatic heterocycles. The Morgan fingerprint density at radius 1 is 1.13 bits per heavy atom. The van der Waals surface area contributed by atoms with Gasteiger partial charge in [0.1, 0.15) is 16.5 Å². The van der Waals surface area contributed by atoms with Gasteiger partial charge in [-0.15, -0.1) is 0 Å². The molecule has 3 rings (SSSR count). The van der Waals surface area contributed by atoms with Gasteiger partial charge in [0.25, 0.3) is 0 Å². The summed E-state index contributed by atoms with van der Waals surface area (Å²) < 4.78 is 51.7. The Morgan fingerprint density at radius 2 is 1.93 bits per heavy atom. The molecule has 6 nitrogen and oxygen atoms in total. The summed E-state index contributed by atoms with van der Waals surface area (Å²) in [5.41, 5.74) is 1.78. The van der Waals surface area contributed by atoms with Crippen LogP contribution in [-0.4, -0.2) is 44.7 Å². The second-order valence-corrected chi connectivity index (χ2v) is 8.77. The summed E-state index contributed by atoms with van der Waals surface area (Å²) in [7, 11) is -3.76. The quantitative estimate of drug-likeness (QED) is 0.376. The number of aliphatic imine (C=N–C) groups is 1. The fraction of sp³-hybridized carbons (Fsp3) is 0.286. The topological polar surface area (TPSA) is 86.3 Å². The molecule has 160 valence electrons. The summed E-state index contributed by atoms with van der Waals surface area (Å²) in [4.78, 5) is 7.02. The van der Waals surface area contributed by atoms with E-state index in [0.717, 1.165) is 22.5 Å². The minimum absolute atomic E-state index is 0.00162. The van der Waals surface area contributed by atoms with Crippen molar-refractivity contribution in [1.82, 2.24) is 15.6 Å². The molecule has 0 fully saturated rings. The minimum Gasteiger partial charge on any atom is -0.361 e. The molecule has 0 saturated heterocycles. The van der Waals surface area contributed by atoms with Crippen LogP contribution in [0.15, 0.2) is 58.5 Å². The van der Waals surface area contributed by atoms with Crippen LogP contribution in [0.5, 0.6) is 0 Å². The molecule has 0 bridgehead atoms. The van der Waals surface area contributed by atoms with E-state index < -0.39 is 15.7 Å². The number of aromatic amines is 1. The number of halogens is 2. The molecule has 3 N–H and O–H groups in total. The highest BCUT2D eigenvalue weighted by atomic mass is 32.2. The fourth-order valence-electron chi connectivity index (χ4n) is 3.11. The lowest BCUT2D eigenvalue weighted by Gasteiger charge is -2.11. The first-order chi connectivity index (χ1) is 14.4. The molecule has 0 atom stereocenters. The number of benzene rings is 2. The fourth-order valence-corrected chi connectivity index (χ4v) is 4.31. The molecule has 1 heterocycles. The Balaban J connectivity index is 1.58. The molecular weight excluding hydrogens is 410 g/mol. The molecule has 2 aromatic carbocycles. The molecule has 0 aliphatic rings. The number of nitrogens with zero attached hydrogens (tertiary/aromatic N) is 1. The number of hydrogen-bond donors (Lipinski definition) is 3. The first-order valence-corrected chi connectivity index (χ1v) is 11.3. The predicted octanol–water partition coefficient (Wildman–Crippen LogP) is 3.02. The van der Waals surface area contributed by atoms with Crippen molar-refractivity contribution in [3.63, 3.8) is 0 Å². The minimum atomic E-state index is -3.76. The van der Waals surface area contributed by atoms with Crippen LogP contribution >= 0.6 is 0 Å². The molecule has 30 heavy (non-hydrogen) atoms. The maximum atomic E-state index is 13.8. The predicted molar refractivity (Wildman–Crippen MR) is 114 cm³/mol. The summed E-state index contributed by atoms with van der Waals surface area (Å²) in [6, 6.07) is 9.94. The molecule has 0 aliphatic carbocycles. The zero-order chi connectivity index (χ0) is 21.6. The van der Waals surface area contributed by atoms with E-state index in [1.165, 1.54) is 30.3 Å². The number of H-pyrrole nitrogens is 1. The van der Waals surface area contributed by atoms with E-state index in [-0.39, 0.29) is 23.0 Å². The standard InChI is InChI=1S/C21H24F2N4O2S/c1-2-24-21(26-11-12-30(28,29)20-6-4-3-5-18(20)23)25-10-9-15-14-27-19-13-16(22)7-8-17(15)19/h3-8,13-14,27H,2,9-12H2,1H3,(H2,24,25,26). The Hall–Kier alpha value is -2.94. The Kier molecular flexibility index (Phi) is 7.04. The first kappa shape index (κ1) is 21.8. The van der Waals surface area contributed by atoms with Crippen molar-refractivity contribution in [1.29, 1.82) is 0 Å². The van der Waals surface area contributed by atoms with E-state index in [4.69, 9.17) is 0 Å². The average Bonchev–Trinajstić information content (AvgIpc) is 3.10. The van der Waals surface area contributed by atoms with E-state index in [0.29, 0.717) is 25.5 Å². The van der Waals surface area contributed by atoms with Crippen LogP contribution in [0.3, 0.4) is 0 Å². The summed E-state index contributed by atoms with van der Waals surface area (Å²) in [6.07, 6.45) is 2.51. The Bertz CT molecular complexity index is 1140. The van der Waals surface area contributed by atoms with Gasteiger partial charge in [-0.25, -0.2) is 17.2 Å². The van der Waals surface area contributed by atoms with E-state index >= 15 is 0 Å². The zero-order valence-electron chi connectivity index (χ0n) is 16.6. The van der Waals surface area contributed by atoms with Crippen LogP contribution in [0.1, 0.15) is 12.5 Å². The van der Waals surface area contributed by atoms with Crippen LogP contribution in [0.25, 0.3) is 10.9 Å². The normalized spacial score (nSPS) is 12.3. The molecule has 1 aromatic heterocycles. The molecule has 0 radical (unpaired) electrons. The number of hydrogen-bond acceptors (Lipinski definition) is 3. The van der Waals surface area contributed by atoms with Crippen molar-refractivity contribution in [2.75, 3.05) is 25.4 Å². The number of sulfone groups is 1. The van der Waals surface area contributed by atoms with Crippen LogP contribution in [0.2, 0.25) is 0 Å². The summed E-state index contributed by atoms with van der Waals surface area (Å²) >= 11 is 0. The Labute approximate surface area is 174 Å². The highest BCUT2D eigenvalue weighted by molar-refractivity contribution is 7.91. The van der Waals surface area contributed by atoms with Crippen LogP contribution < -0.4 is 10.6 Å². The SMILES string of the molecule is CCNC(=NCCS(=O)(=O)c1ccccc1F)NCCc1c[nH]c2cc(F)ccc12. The van der Waals surface area contributed by atoms with Gasteiger partial charge in [-0.1, -0.05) is 12.1 Å². The second-order valence-electron chi connectivity index (χ2n) is 6.69. The van der Waals surface area contributed by atoms with E-state index in [9.17, 15) is 17.2 Å². The number of aromatic nitrogens is 1. The summed E-state index contributed by atoms with van der Waals surface area (Å²) in [5, 5.41) is 7.17. The van der Waals surface area contributed by atoms with Crippen molar-refractivity contribution < 1.29 is 17.2 Å². The number of nitrogens with one attached hydrogen (secondary N) is 3. The lowest BCUT2D eigenvalue weighted by Crippen LogP contribution is -2.38. The lowest BCUT2D eigenvalue weighted by molar-refractivity contribution is 0.567. The van der Waals surface area contributed by atoms with Gasteiger partial charge in [-0.3, -0.25) is 4.99 Å². The molecule has 0 saturated carbocycles. The van der Waals surface area contributed by atoms with Gasteiger partial charge in [0.2, 0.25) is 0 Å². The van der Waals surface area contributed by atoms with Crippen molar-refractivity contribution in [2.45, 2.75) is 18.2 Å². The van der Waals surface area contributed by atoms with Gasteiger partial charge in [0.05, 0.1) is 12.3 Å². The van der Waals surface area contributed by atoms with E-state index in [1.54, 1.807) is 6.07 Å². The first-order valence-electron chi connectivity index (χ1n) is 9.65. The molecular formula is C21H24F2N4O2S. The average molecular weight is 435 g/mol. The summed E-state index contributed by atoms with van der Waals surface area (Å²) in [6.45, 7) is 3.06. The smallest absolute Gasteiger partial charge is 0.191 e. The molecule has 3 aromatic rings. The van der Waals surface area contributed by atoms with Crippen molar-refractivity contribution in [3.8, 4) is 0 Å². The third kappa shape index (κ3) is 5.35. The van der Waals surface area contributed by atoms with Crippen molar-refractivity contribution in [2.24, 2.45) is 4.99 Å². The second kappa shape index (κ2) is 9.71. The highest BCUT2D eigenvalue weighted by Gasteiger charge is 2.18. The van der Waals surface area contributed by atoms with Gasteiger partial charge in [0.15, 0.2) is 15.8 Å². The summed E-state index contributed by atoms with van der Waals surface area (Å²) in [5.74, 6) is -0.864. The largest absolute Gasteiger partial charge is 0.361 e. The molecule has 0 spiro atoms. The maximum absolute atomic E-state index is 13.8. The van der Waals surface area contributed by atoms with E-state index in [2.05, 4.69) is 20.6 Å². The third-order valence-electron chi connectivity index (χ3n) is 4.56. The monoisotopic (exact) mass is 434 g/mol. The van der Waals surface area contributed by atoms with Gasteiger partial charge in [0, 0.05) is 30.2 Å². The van der Waals surface area contributed by atoms with Gasteiger partial charge in [-0.05, 0) is 49.2 Å².